The van der Waals surface area contributed by atoms with Gasteiger partial charge in [0.1, 0.15) is 5.76 Å². The van der Waals surface area contributed by atoms with Gasteiger partial charge in [0.25, 0.3) is 0 Å². The highest BCUT2D eigenvalue weighted by atomic mass is 79.9. The molecule has 0 N–H and O–H groups in total. The molecule has 0 amide bonds. The predicted octanol–water partition coefficient (Wildman–Crippen LogP) is 4.71. The van der Waals surface area contributed by atoms with Crippen LogP contribution in [0.3, 0.4) is 0 Å². The molecule has 2 rings (SSSR count). The second kappa shape index (κ2) is 5.76. The van der Waals surface area contributed by atoms with Crippen LogP contribution in [0.1, 0.15) is 23.0 Å². The van der Waals surface area contributed by atoms with Crippen LogP contribution in [0, 0.1) is 6.92 Å². The Labute approximate surface area is 119 Å². The first-order valence-electron chi connectivity index (χ1n) is 5.58. The van der Waals surface area contributed by atoms with Crippen molar-refractivity contribution < 1.29 is 9.21 Å². The minimum atomic E-state index is -0.123. The van der Waals surface area contributed by atoms with Gasteiger partial charge in [0, 0.05) is 14.9 Å². The van der Waals surface area contributed by atoms with Gasteiger partial charge >= 0.3 is 0 Å². The molecule has 0 aliphatic carbocycles. The van der Waals surface area contributed by atoms with Crippen molar-refractivity contribution in [3.05, 3.63) is 52.4 Å². The maximum Gasteiger partial charge on any atom is 0.175 e. The van der Waals surface area contributed by atoms with Gasteiger partial charge in [0.05, 0.1) is 11.5 Å². The van der Waals surface area contributed by atoms with E-state index in [0.717, 1.165) is 20.7 Å². The second-order valence-electron chi connectivity index (χ2n) is 3.97. The number of Topliss-reactive ketones (excluding diaryl/α,β-unsaturated/α-hetero) is 1. The highest BCUT2D eigenvalue weighted by Crippen LogP contribution is 2.29. The van der Waals surface area contributed by atoms with E-state index < -0.39 is 0 Å². The van der Waals surface area contributed by atoms with Gasteiger partial charge in [-0.2, -0.15) is 0 Å². The monoisotopic (exact) mass is 324 g/mol. The second-order valence-corrected chi connectivity index (χ2v) is 6.27. The zero-order chi connectivity index (χ0) is 13.1. The van der Waals surface area contributed by atoms with Crippen molar-refractivity contribution in [3.63, 3.8) is 0 Å². The molecule has 0 aliphatic rings. The summed E-state index contributed by atoms with van der Waals surface area (Å²) in [6, 6.07) is 9.34. The lowest BCUT2D eigenvalue weighted by Crippen LogP contribution is -2.13. The van der Waals surface area contributed by atoms with Crippen molar-refractivity contribution >= 4 is 33.5 Å². The molecule has 1 aromatic heterocycles. The van der Waals surface area contributed by atoms with Crippen LogP contribution in [0.15, 0.2) is 50.4 Å². The van der Waals surface area contributed by atoms with Crippen molar-refractivity contribution in [2.75, 3.05) is 0 Å². The normalized spacial score (nSPS) is 12.4. The third-order valence-electron chi connectivity index (χ3n) is 2.61. The molecule has 0 bridgehead atoms. The summed E-state index contributed by atoms with van der Waals surface area (Å²) >= 11 is 4.89. The van der Waals surface area contributed by atoms with E-state index in [1.807, 2.05) is 44.2 Å². The maximum absolute atomic E-state index is 12.2. The van der Waals surface area contributed by atoms with Crippen molar-refractivity contribution in [2.24, 2.45) is 0 Å². The molecule has 0 saturated heterocycles. The summed E-state index contributed by atoms with van der Waals surface area (Å²) in [6.45, 7) is 3.82. The number of thioether (sulfide) groups is 1. The van der Waals surface area contributed by atoms with E-state index in [9.17, 15) is 4.79 Å². The number of halogens is 1. The molecule has 0 radical (unpaired) electrons. The van der Waals surface area contributed by atoms with Crippen LogP contribution in [-0.4, -0.2) is 11.0 Å². The fraction of sp³-hybridized carbons (Fsp3) is 0.214. The van der Waals surface area contributed by atoms with Crippen LogP contribution >= 0.6 is 27.7 Å². The molecular weight excluding hydrogens is 312 g/mol. The van der Waals surface area contributed by atoms with E-state index in [4.69, 9.17) is 4.42 Å². The highest BCUT2D eigenvalue weighted by molar-refractivity contribution is 9.10. The summed E-state index contributed by atoms with van der Waals surface area (Å²) in [4.78, 5) is 13.2. The summed E-state index contributed by atoms with van der Waals surface area (Å²) in [7, 11) is 0. The van der Waals surface area contributed by atoms with Crippen LogP contribution < -0.4 is 0 Å². The topological polar surface area (TPSA) is 30.2 Å². The highest BCUT2D eigenvalue weighted by Gasteiger charge is 2.17. The molecule has 2 aromatic rings. The summed E-state index contributed by atoms with van der Waals surface area (Å²) in [5.41, 5.74) is 0.736. The quantitative estimate of drug-likeness (QED) is 0.602. The van der Waals surface area contributed by atoms with Gasteiger partial charge in [-0.3, -0.25) is 4.79 Å². The lowest BCUT2D eigenvalue weighted by Gasteiger charge is -2.09. The number of aryl methyl sites for hydroxylation is 1. The summed E-state index contributed by atoms with van der Waals surface area (Å²) in [5, 5.41) is -0.123. The molecule has 18 heavy (non-hydrogen) atoms. The first-order chi connectivity index (χ1) is 8.58. The van der Waals surface area contributed by atoms with Gasteiger partial charge in [-0.1, -0.05) is 28.1 Å². The first kappa shape index (κ1) is 13.4. The molecule has 2 nitrogen and oxygen atoms in total. The molecule has 1 aromatic carbocycles. The van der Waals surface area contributed by atoms with Crippen LogP contribution in [0.25, 0.3) is 0 Å². The predicted molar refractivity (Wildman–Crippen MR) is 77.2 cm³/mol. The minimum absolute atomic E-state index is 0.123. The van der Waals surface area contributed by atoms with Crippen molar-refractivity contribution in [1.29, 1.82) is 0 Å². The molecule has 1 heterocycles. The number of benzene rings is 1. The average molecular weight is 325 g/mol. The first-order valence-corrected chi connectivity index (χ1v) is 7.25. The SMILES string of the molecule is Cc1occc1SC(C)C(=O)c1ccc(Br)cc1. The van der Waals surface area contributed by atoms with Crippen molar-refractivity contribution in [3.8, 4) is 0 Å². The molecule has 0 spiro atoms. The van der Waals surface area contributed by atoms with Crippen LogP contribution in [0.5, 0.6) is 0 Å². The molecule has 0 saturated carbocycles. The largest absolute Gasteiger partial charge is 0.468 e. The summed E-state index contributed by atoms with van der Waals surface area (Å²) in [6.07, 6.45) is 1.65. The van der Waals surface area contributed by atoms with Crippen LogP contribution in [-0.2, 0) is 0 Å². The van der Waals surface area contributed by atoms with Crippen molar-refractivity contribution in [2.45, 2.75) is 24.0 Å². The number of hydrogen-bond acceptors (Lipinski definition) is 3. The number of ketones is 1. The lowest BCUT2D eigenvalue weighted by atomic mass is 10.1. The average Bonchev–Trinajstić information content (AvgIpc) is 2.75. The number of furan rings is 1. The Bertz CT molecular complexity index is 545. The third-order valence-corrected chi connectivity index (χ3v) is 4.39. The number of carbonyl (C=O) groups is 1. The van der Waals surface area contributed by atoms with E-state index in [1.54, 1.807) is 6.26 Å². The van der Waals surface area contributed by atoms with Gasteiger partial charge in [-0.15, -0.1) is 11.8 Å². The van der Waals surface area contributed by atoms with Gasteiger partial charge in [-0.05, 0) is 32.0 Å². The third kappa shape index (κ3) is 3.06. The Morgan fingerprint density at radius 1 is 1.28 bits per heavy atom. The van der Waals surface area contributed by atoms with Gasteiger partial charge in [-0.25, -0.2) is 0 Å². The molecule has 94 valence electrons. The smallest absolute Gasteiger partial charge is 0.175 e. The van der Waals surface area contributed by atoms with Gasteiger partial charge in [0.2, 0.25) is 0 Å². The summed E-state index contributed by atoms with van der Waals surface area (Å²) < 4.78 is 6.21. The molecule has 0 aliphatic heterocycles. The number of carbonyl (C=O) groups excluding carboxylic acids is 1. The lowest BCUT2D eigenvalue weighted by molar-refractivity contribution is 0.0994. The molecule has 1 atom stereocenters. The van der Waals surface area contributed by atoms with E-state index in [1.165, 1.54) is 11.8 Å². The van der Waals surface area contributed by atoms with Gasteiger partial charge in [0.15, 0.2) is 5.78 Å². The van der Waals surface area contributed by atoms with E-state index >= 15 is 0 Å². The zero-order valence-corrected chi connectivity index (χ0v) is 12.5. The van der Waals surface area contributed by atoms with Crippen LogP contribution in [0.2, 0.25) is 0 Å². The van der Waals surface area contributed by atoms with Crippen molar-refractivity contribution in [1.82, 2.24) is 0 Å². The fourth-order valence-electron chi connectivity index (χ4n) is 1.59. The molecule has 0 fully saturated rings. The van der Waals surface area contributed by atoms with E-state index in [2.05, 4.69) is 15.9 Å². The Balaban J connectivity index is 2.09. The fourth-order valence-corrected chi connectivity index (χ4v) is 2.82. The Morgan fingerprint density at radius 3 is 2.50 bits per heavy atom. The Morgan fingerprint density at radius 2 is 1.94 bits per heavy atom. The standard InChI is InChI=1S/C14H13BrO2S/c1-9-13(7-8-17-9)18-10(2)14(16)11-3-5-12(15)6-4-11/h3-8,10H,1-2H3. The summed E-state index contributed by atoms with van der Waals surface area (Å²) in [5.74, 6) is 0.989. The Hall–Kier alpha value is -1.00. The molecule has 1 unspecified atom stereocenters. The minimum Gasteiger partial charge on any atom is -0.468 e. The van der Waals surface area contributed by atoms with E-state index in [-0.39, 0.29) is 11.0 Å². The molecular formula is C14H13BrO2S. The number of rotatable bonds is 4. The van der Waals surface area contributed by atoms with Gasteiger partial charge < -0.3 is 4.42 Å². The Kier molecular flexibility index (Phi) is 4.30. The van der Waals surface area contributed by atoms with E-state index in [0.29, 0.717) is 0 Å². The number of hydrogen-bond donors (Lipinski definition) is 0. The zero-order valence-electron chi connectivity index (χ0n) is 10.1. The molecule has 4 heteroatoms. The van der Waals surface area contributed by atoms with Crippen LogP contribution in [0.4, 0.5) is 0 Å². The maximum atomic E-state index is 12.2.